The standard InChI is InChI=1S/C18H13BrCl2/c1-11-10-12(19)6-7-13(11)18(21)16-8-9-17(20)15-5-3-2-4-14(15)16/h2-10,18H,1H3. The Kier molecular flexibility index (Phi) is 4.26. The van der Waals surface area contributed by atoms with Gasteiger partial charge in [0.15, 0.2) is 0 Å². The van der Waals surface area contributed by atoms with E-state index < -0.39 is 0 Å². The van der Waals surface area contributed by atoms with E-state index in [-0.39, 0.29) is 5.38 Å². The number of benzene rings is 3. The lowest BCUT2D eigenvalue weighted by atomic mass is 9.95. The lowest BCUT2D eigenvalue weighted by Gasteiger charge is -2.16. The number of halogens is 3. The summed E-state index contributed by atoms with van der Waals surface area (Å²) in [6.07, 6.45) is 0. The van der Waals surface area contributed by atoms with Crippen molar-refractivity contribution in [1.82, 2.24) is 0 Å². The van der Waals surface area contributed by atoms with Gasteiger partial charge in [-0.3, -0.25) is 0 Å². The normalized spacial score (nSPS) is 12.6. The van der Waals surface area contributed by atoms with Gasteiger partial charge in [-0.25, -0.2) is 0 Å². The summed E-state index contributed by atoms with van der Waals surface area (Å²) in [5.74, 6) is 0. The third-order valence-corrected chi connectivity index (χ3v) is 4.98. The summed E-state index contributed by atoms with van der Waals surface area (Å²) >= 11 is 16.5. The molecule has 1 unspecified atom stereocenters. The van der Waals surface area contributed by atoms with E-state index in [9.17, 15) is 0 Å². The molecule has 0 aliphatic carbocycles. The van der Waals surface area contributed by atoms with E-state index in [1.807, 2.05) is 36.4 Å². The molecule has 0 radical (unpaired) electrons. The number of hydrogen-bond acceptors (Lipinski definition) is 0. The molecule has 0 N–H and O–H groups in total. The largest absolute Gasteiger partial charge is 0.113 e. The molecule has 0 saturated carbocycles. The van der Waals surface area contributed by atoms with Gasteiger partial charge in [-0.15, -0.1) is 11.6 Å². The predicted molar refractivity (Wildman–Crippen MR) is 95.5 cm³/mol. The van der Waals surface area contributed by atoms with Crippen molar-refractivity contribution in [1.29, 1.82) is 0 Å². The number of aryl methyl sites for hydroxylation is 1. The quantitative estimate of drug-likeness (QED) is 0.425. The molecule has 0 bridgehead atoms. The molecule has 0 nitrogen and oxygen atoms in total. The maximum Gasteiger partial charge on any atom is 0.0844 e. The van der Waals surface area contributed by atoms with Crippen LogP contribution in [-0.4, -0.2) is 0 Å². The highest BCUT2D eigenvalue weighted by atomic mass is 79.9. The monoisotopic (exact) mass is 378 g/mol. The topological polar surface area (TPSA) is 0 Å². The van der Waals surface area contributed by atoms with Crippen LogP contribution in [0.15, 0.2) is 59.1 Å². The van der Waals surface area contributed by atoms with Gasteiger partial charge in [0, 0.05) is 14.9 Å². The molecule has 0 heterocycles. The van der Waals surface area contributed by atoms with Crippen molar-refractivity contribution in [2.75, 3.05) is 0 Å². The van der Waals surface area contributed by atoms with Gasteiger partial charge in [0.05, 0.1) is 5.38 Å². The molecule has 0 spiro atoms. The Morgan fingerprint density at radius 1 is 0.905 bits per heavy atom. The summed E-state index contributed by atoms with van der Waals surface area (Å²) in [5.41, 5.74) is 3.37. The summed E-state index contributed by atoms with van der Waals surface area (Å²) in [6.45, 7) is 2.08. The predicted octanol–water partition coefficient (Wildman–Crippen LogP) is 6.89. The molecule has 0 aliphatic heterocycles. The van der Waals surface area contributed by atoms with Gasteiger partial charge in [-0.2, -0.15) is 0 Å². The van der Waals surface area contributed by atoms with E-state index >= 15 is 0 Å². The van der Waals surface area contributed by atoms with Gasteiger partial charge in [0.2, 0.25) is 0 Å². The Hall–Kier alpha value is -1.02. The van der Waals surface area contributed by atoms with E-state index in [1.165, 1.54) is 5.56 Å². The Morgan fingerprint density at radius 3 is 2.29 bits per heavy atom. The third-order valence-electron chi connectivity index (χ3n) is 3.68. The molecule has 21 heavy (non-hydrogen) atoms. The third kappa shape index (κ3) is 2.83. The summed E-state index contributed by atoms with van der Waals surface area (Å²) in [6, 6.07) is 18.2. The number of hydrogen-bond donors (Lipinski definition) is 0. The van der Waals surface area contributed by atoms with E-state index in [2.05, 4.69) is 41.1 Å². The van der Waals surface area contributed by atoms with Gasteiger partial charge >= 0.3 is 0 Å². The Labute approximate surface area is 142 Å². The number of rotatable bonds is 2. The SMILES string of the molecule is Cc1cc(Br)ccc1C(Cl)c1ccc(Cl)c2ccccc12. The highest BCUT2D eigenvalue weighted by Gasteiger charge is 2.16. The Balaban J connectivity index is 2.18. The minimum Gasteiger partial charge on any atom is -0.113 e. The minimum atomic E-state index is -0.194. The van der Waals surface area contributed by atoms with Crippen molar-refractivity contribution >= 4 is 49.9 Å². The maximum atomic E-state index is 6.76. The minimum absolute atomic E-state index is 0.194. The van der Waals surface area contributed by atoms with Crippen LogP contribution in [0.25, 0.3) is 10.8 Å². The van der Waals surface area contributed by atoms with Crippen LogP contribution in [0.2, 0.25) is 5.02 Å². The van der Waals surface area contributed by atoms with Crippen LogP contribution < -0.4 is 0 Å². The molecule has 1 atom stereocenters. The van der Waals surface area contributed by atoms with Gasteiger partial charge < -0.3 is 0 Å². The van der Waals surface area contributed by atoms with Gasteiger partial charge in [0.1, 0.15) is 0 Å². The van der Waals surface area contributed by atoms with Crippen LogP contribution in [-0.2, 0) is 0 Å². The zero-order valence-corrected chi connectivity index (χ0v) is 14.5. The van der Waals surface area contributed by atoms with E-state index in [4.69, 9.17) is 23.2 Å². The molecule has 0 saturated heterocycles. The van der Waals surface area contributed by atoms with Crippen molar-refractivity contribution in [3.05, 3.63) is 80.8 Å². The van der Waals surface area contributed by atoms with Crippen molar-refractivity contribution in [3.8, 4) is 0 Å². The highest BCUT2D eigenvalue weighted by molar-refractivity contribution is 9.10. The van der Waals surface area contributed by atoms with E-state index in [0.717, 1.165) is 31.4 Å². The first-order valence-corrected chi connectivity index (χ1v) is 8.26. The number of alkyl halides is 1. The van der Waals surface area contributed by atoms with Crippen LogP contribution in [0.5, 0.6) is 0 Å². The molecule has 106 valence electrons. The maximum absolute atomic E-state index is 6.76. The fourth-order valence-electron chi connectivity index (χ4n) is 2.60. The Bertz CT molecular complexity index is 811. The van der Waals surface area contributed by atoms with E-state index in [0.29, 0.717) is 0 Å². The zero-order chi connectivity index (χ0) is 15.0. The molecule has 0 aliphatic rings. The average Bonchev–Trinajstić information content (AvgIpc) is 2.47. The second-order valence-electron chi connectivity index (χ2n) is 5.05. The molecule has 3 rings (SSSR count). The fraction of sp³-hybridized carbons (Fsp3) is 0.111. The lowest BCUT2D eigenvalue weighted by molar-refractivity contribution is 1.12. The first-order chi connectivity index (χ1) is 10.1. The number of fused-ring (bicyclic) bond motifs is 1. The van der Waals surface area contributed by atoms with Crippen molar-refractivity contribution < 1.29 is 0 Å². The van der Waals surface area contributed by atoms with Gasteiger partial charge in [-0.1, -0.05) is 63.9 Å². The van der Waals surface area contributed by atoms with Crippen molar-refractivity contribution in [3.63, 3.8) is 0 Å². The van der Waals surface area contributed by atoms with Crippen LogP contribution >= 0.6 is 39.1 Å². The lowest BCUT2D eigenvalue weighted by Crippen LogP contribution is -1.97. The summed E-state index contributed by atoms with van der Waals surface area (Å²) in [7, 11) is 0. The average molecular weight is 380 g/mol. The van der Waals surface area contributed by atoms with Crippen LogP contribution in [0.4, 0.5) is 0 Å². The first-order valence-electron chi connectivity index (χ1n) is 6.65. The molecule has 0 amide bonds. The van der Waals surface area contributed by atoms with Crippen LogP contribution in [0, 0.1) is 6.92 Å². The van der Waals surface area contributed by atoms with Gasteiger partial charge in [-0.05, 0) is 47.2 Å². The van der Waals surface area contributed by atoms with Crippen molar-refractivity contribution in [2.24, 2.45) is 0 Å². The zero-order valence-electron chi connectivity index (χ0n) is 11.4. The smallest absolute Gasteiger partial charge is 0.0844 e. The summed E-state index contributed by atoms with van der Waals surface area (Å²) < 4.78 is 1.06. The molecule has 0 aromatic heterocycles. The molecule has 3 aromatic rings. The molecule has 0 fully saturated rings. The molecule has 3 heteroatoms. The Morgan fingerprint density at radius 2 is 1.57 bits per heavy atom. The second-order valence-corrected chi connectivity index (χ2v) is 6.80. The van der Waals surface area contributed by atoms with Crippen LogP contribution in [0.1, 0.15) is 22.1 Å². The van der Waals surface area contributed by atoms with Crippen molar-refractivity contribution in [2.45, 2.75) is 12.3 Å². The molecule has 3 aromatic carbocycles. The summed E-state index contributed by atoms with van der Waals surface area (Å²) in [4.78, 5) is 0. The highest BCUT2D eigenvalue weighted by Crippen LogP contribution is 2.38. The fourth-order valence-corrected chi connectivity index (χ4v) is 3.74. The van der Waals surface area contributed by atoms with Gasteiger partial charge in [0.25, 0.3) is 0 Å². The van der Waals surface area contributed by atoms with E-state index in [1.54, 1.807) is 0 Å². The molecular formula is C18H13BrCl2. The first kappa shape index (κ1) is 14.9. The summed E-state index contributed by atoms with van der Waals surface area (Å²) in [5, 5.41) is 2.70. The van der Waals surface area contributed by atoms with Crippen LogP contribution in [0.3, 0.4) is 0 Å². The molecular weight excluding hydrogens is 367 g/mol. The second kappa shape index (κ2) is 6.00.